The van der Waals surface area contributed by atoms with E-state index in [4.69, 9.17) is 0 Å². The van der Waals surface area contributed by atoms with Crippen molar-refractivity contribution in [2.45, 2.75) is 13.1 Å². The summed E-state index contributed by atoms with van der Waals surface area (Å²) in [6.07, 6.45) is 7.25. The van der Waals surface area contributed by atoms with E-state index in [0.29, 0.717) is 0 Å². The molecule has 0 saturated carbocycles. The molecule has 0 aromatic carbocycles. The number of aromatic amines is 1. The summed E-state index contributed by atoms with van der Waals surface area (Å²) in [4.78, 5) is 6.97. The van der Waals surface area contributed by atoms with Crippen molar-refractivity contribution >= 4 is 0 Å². The molecule has 0 aliphatic heterocycles. The molecular weight excluding hydrogens is 178 g/mol. The Morgan fingerprint density at radius 3 is 3.21 bits per heavy atom. The van der Waals surface area contributed by atoms with Gasteiger partial charge in [-0.3, -0.25) is 4.68 Å². The van der Waals surface area contributed by atoms with Crippen LogP contribution in [0.2, 0.25) is 0 Å². The molecule has 14 heavy (non-hydrogen) atoms. The summed E-state index contributed by atoms with van der Waals surface area (Å²) in [5, 5.41) is 7.40. The number of nitrogens with one attached hydrogen (secondary N) is 2. The van der Waals surface area contributed by atoms with Gasteiger partial charge in [0, 0.05) is 37.4 Å². The second kappa shape index (κ2) is 4.57. The molecule has 5 nitrogen and oxygen atoms in total. The number of hydrogen-bond donors (Lipinski definition) is 2. The fourth-order valence-electron chi connectivity index (χ4n) is 1.23. The summed E-state index contributed by atoms with van der Waals surface area (Å²) >= 11 is 0. The Hall–Kier alpha value is -1.62. The van der Waals surface area contributed by atoms with Crippen LogP contribution in [-0.4, -0.2) is 26.3 Å². The van der Waals surface area contributed by atoms with Gasteiger partial charge in [0.25, 0.3) is 0 Å². The van der Waals surface area contributed by atoms with E-state index in [9.17, 15) is 0 Å². The third-order valence-electron chi connectivity index (χ3n) is 1.95. The van der Waals surface area contributed by atoms with Gasteiger partial charge in [0.05, 0.1) is 12.9 Å². The lowest BCUT2D eigenvalue weighted by Gasteiger charge is -2.02. The molecule has 74 valence electrons. The highest BCUT2D eigenvalue weighted by Crippen LogP contribution is 1.89. The minimum absolute atomic E-state index is 0.821. The van der Waals surface area contributed by atoms with Crippen LogP contribution in [0.25, 0.3) is 0 Å². The smallest absolute Gasteiger partial charge is 0.0922 e. The van der Waals surface area contributed by atoms with Crippen molar-refractivity contribution in [3.05, 3.63) is 36.7 Å². The van der Waals surface area contributed by atoms with Gasteiger partial charge in [0.2, 0.25) is 0 Å². The summed E-state index contributed by atoms with van der Waals surface area (Å²) in [5.41, 5.74) is 1.10. The molecule has 0 saturated heterocycles. The molecule has 0 aliphatic carbocycles. The van der Waals surface area contributed by atoms with Gasteiger partial charge in [-0.2, -0.15) is 5.10 Å². The fourth-order valence-corrected chi connectivity index (χ4v) is 1.23. The number of hydrogen-bond acceptors (Lipinski definition) is 3. The van der Waals surface area contributed by atoms with Crippen LogP contribution in [0.5, 0.6) is 0 Å². The summed E-state index contributed by atoms with van der Waals surface area (Å²) in [6.45, 7) is 2.61. The second-order valence-electron chi connectivity index (χ2n) is 3.02. The molecular formula is C9H13N5. The van der Waals surface area contributed by atoms with Crippen LogP contribution in [0.1, 0.15) is 5.69 Å². The van der Waals surface area contributed by atoms with Crippen molar-refractivity contribution in [3.63, 3.8) is 0 Å². The van der Waals surface area contributed by atoms with E-state index >= 15 is 0 Å². The van der Waals surface area contributed by atoms with Crippen molar-refractivity contribution in [2.24, 2.45) is 0 Å². The number of rotatable bonds is 5. The molecule has 0 radical (unpaired) electrons. The van der Waals surface area contributed by atoms with Gasteiger partial charge in [0.15, 0.2) is 0 Å². The molecule has 2 aromatic heterocycles. The standard InChI is InChI=1S/C9H13N5/c1-2-13-14(4-1)5-3-10-6-9-7-11-8-12-9/h1-2,4,7-8,10H,3,5-6H2,(H,11,12). The molecule has 2 heterocycles. The molecule has 0 unspecified atom stereocenters. The lowest BCUT2D eigenvalue weighted by molar-refractivity contribution is 0.552. The van der Waals surface area contributed by atoms with Crippen molar-refractivity contribution < 1.29 is 0 Å². The topological polar surface area (TPSA) is 58.5 Å². The highest BCUT2D eigenvalue weighted by Gasteiger charge is 1.93. The molecule has 0 bridgehead atoms. The van der Waals surface area contributed by atoms with Crippen LogP contribution in [0, 0.1) is 0 Å². The first-order valence-corrected chi connectivity index (χ1v) is 4.60. The fraction of sp³-hybridized carbons (Fsp3) is 0.333. The number of nitrogens with zero attached hydrogens (tertiary/aromatic N) is 3. The van der Waals surface area contributed by atoms with Gasteiger partial charge in [-0.25, -0.2) is 4.98 Å². The van der Waals surface area contributed by atoms with Crippen molar-refractivity contribution in [1.29, 1.82) is 0 Å². The van der Waals surface area contributed by atoms with Crippen molar-refractivity contribution in [1.82, 2.24) is 25.1 Å². The van der Waals surface area contributed by atoms with Crippen LogP contribution >= 0.6 is 0 Å². The molecule has 2 N–H and O–H groups in total. The van der Waals surface area contributed by atoms with Gasteiger partial charge < -0.3 is 10.3 Å². The van der Waals surface area contributed by atoms with E-state index in [1.807, 2.05) is 23.1 Å². The predicted molar refractivity (Wildman–Crippen MR) is 52.5 cm³/mol. The van der Waals surface area contributed by atoms with Crippen LogP contribution in [0.4, 0.5) is 0 Å². The minimum Gasteiger partial charge on any atom is -0.347 e. The SMILES string of the molecule is c1cnn(CCNCc2cnc[nH]2)c1. The molecule has 2 rings (SSSR count). The molecule has 5 heteroatoms. The minimum atomic E-state index is 0.821. The first-order chi connectivity index (χ1) is 6.95. The molecule has 0 fully saturated rings. The van der Waals surface area contributed by atoms with E-state index in [2.05, 4.69) is 20.4 Å². The highest BCUT2D eigenvalue weighted by atomic mass is 15.3. The van der Waals surface area contributed by atoms with Gasteiger partial charge >= 0.3 is 0 Å². The van der Waals surface area contributed by atoms with Crippen LogP contribution in [0.15, 0.2) is 31.0 Å². The largest absolute Gasteiger partial charge is 0.347 e. The second-order valence-corrected chi connectivity index (χ2v) is 3.02. The van der Waals surface area contributed by atoms with Crippen molar-refractivity contribution in [3.8, 4) is 0 Å². The third kappa shape index (κ3) is 2.43. The maximum atomic E-state index is 4.11. The molecule has 2 aromatic rings. The Balaban J connectivity index is 1.65. The van der Waals surface area contributed by atoms with Gasteiger partial charge in [0.1, 0.15) is 0 Å². The van der Waals surface area contributed by atoms with E-state index < -0.39 is 0 Å². The van der Waals surface area contributed by atoms with E-state index in [1.165, 1.54) is 0 Å². The lowest BCUT2D eigenvalue weighted by Crippen LogP contribution is -2.19. The Bertz CT molecular complexity index is 301. The monoisotopic (exact) mass is 191 g/mol. The molecule has 0 atom stereocenters. The first-order valence-electron chi connectivity index (χ1n) is 4.60. The first kappa shape index (κ1) is 8.96. The Morgan fingerprint density at radius 1 is 1.50 bits per heavy atom. The average Bonchev–Trinajstić information content (AvgIpc) is 2.86. The summed E-state index contributed by atoms with van der Waals surface area (Å²) in [6, 6.07) is 1.93. The summed E-state index contributed by atoms with van der Waals surface area (Å²) < 4.78 is 1.90. The number of H-pyrrole nitrogens is 1. The zero-order valence-electron chi connectivity index (χ0n) is 7.85. The van der Waals surface area contributed by atoms with Gasteiger partial charge in [-0.15, -0.1) is 0 Å². The summed E-state index contributed by atoms with van der Waals surface area (Å²) in [5.74, 6) is 0. The normalized spacial score (nSPS) is 10.6. The zero-order valence-corrected chi connectivity index (χ0v) is 7.85. The Kier molecular flexibility index (Phi) is 2.92. The molecule has 0 spiro atoms. The highest BCUT2D eigenvalue weighted by molar-refractivity contribution is 4.92. The van der Waals surface area contributed by atoms with Crippen LogP contribution in [-0.2, 0) is 13.1 Å². The van der Waals surface area contributed by atoms with Crippen LogP contribution in [0.3, 0.4) is 0 Å². The zero-order chi connectivity index (χ0) is 9.64. The van der Waals surface area contributed by atoms with E-state index in [1.54, 1.807) is 12.5 Å². The Morgan fingerprint density at radius 2 is 2.50 bits per heavy atom. The number of imidazole rings is 1. The van der Waals surface area contributed by atoms with Gasteiger partial charge in [-0.1, -0.05) is 0 Å². The summed E-state index contributed by atoms with van der Waals surface area (Å²) in [7, 11) is 0. The molecule has 0 aliphatic rings. The maximum Gasteiger partial charge on any atom is 0.0922 e. The van der Waals surface area contributed by atoms with Gasteiger partial charge in [-0.05, 0) is 6.07 Å². The number of aromatic nitrogens is 4. The maximum absolute atomic E-state index is 4.11. The van der Waals surface area contributed by atoms with E-state index in [0.717, 1.165) is 25.3 Å². The average molecular weight is 191 g/mol. The molecule has 0 amide bonds. The van der Waals surface area contributed by atoms with Crippen LogP contribution < -0.4 is 5.32 Å². The Labute approximate surface area is 82.2 Å². The lowest BCUT2D eigenvalue weighted by atomic mass is 10.4. The van der Waals surface area contributed by atoms with Crippen molar-refractivity contribution in [2.75, 3.05) is 6.54 Å². The quantitative estimate of drug-likeness (QED) is 0.672. The predicted octanol–water partition coefficient (Wildman–Crippen LogP) is 0.396. The third-order valence-corrected chi connectivity index (χ3v) is 1.95. The van der Waals surface area contributed by atoms with E-state index in [-0.39, 0.29) is 0 Å².